The fraction of sp³-hybridized carbons (Fsp3) is 0.455. The summed E-state index contributed by atoms with van der Waals surface area (Å²) in [7, 11) is -3.31. The van der Waals surface area contributed by atoms with E-state index in [1.165, 1.54) is 11.1 Å². The molecule has 5 heteroatoms. The first-order valence-electron chi connectivity index (χ1n) is 5.23. The molecule has 1 aromatic carbocycles. The maximum Gasteiger partial charge on any atom is 0.225 e. The van der Waals surface area contributed by atoms with Crippen LogP contribution in [0.3, 0.4) is 0 Å². The third-order valence-electron chi connectivity index (χ3n) is 2.84. The standard InChI is InChI=1S/C11H14ClNO2S/c12-8-16(14,15)13-11-6-5-9-3-1-2-4-10(9)7-11/h1-4,11,13H,5-8H2. The Kier molecular flexibility index (Phi) is 3.52. The van der Waals surface area contributed by atoms with Crippen LogP contribution in [0.4, 0.5) is 0 Å². The fourth-order valence-electron chi connectivity index (χ4n) is 2.08. The summed E-state index contributed by atoms with van der Waals surface area (Å²) in [5, 5.41) is -0.370. The topological polar surface area (TPSA) is 46.2 Å². The van der Waals surface area contributed by atoms with Crippen LogP contribution >= 0.6 is 11.6 Å². The van der Waals surface area contributed by atoms with Crippen molar-refractivity contribution in [1.82, 2.24) is 4.72 Å². The van der Waals surface area contributed by atoms with Gasteiger partial charge in [0.05, 0.1) is 0 Å². The zero-order valence-electron chi connectivity index (χ0n) is 8.82. The molecule has 1 atom stereocenters. The van der Waals surface area contributed by atoms with E-state index in [1.54, 1.807) is 0 Å². The Morgan fingerprint density at radius 2 is 2.00 bits per heavy atom. The molecule has 0 saturated carbocycles. The van der Waals surface area contributed by atoms with Gasteiger partial charge in [0.25, 0.3) is 0 Å². The van der Waals surface area contributed by atoms with Crippen LogP contribution in [0.15, 0.2) is 24.3 Å². The number of hydrogen-bond acceptors (Lipinski definition) is 2. The Morgan fingerprint density at radius 1 is 1.31 bits per heavy atom. The van der Waals surface area contributed by atoms with E-state index in [0.717, 1.165) is 19.3 Å². The first-order valence-corrected chi connectivity index (χ1v) is 7.42. The molecule has 1 aliphatic rings. The van der Waals surface area contributed by atoms with Gasteiger partial charge >= 0.3 is 0 Å². The predicted molar refractivity (Wildman–Crippen MR) is 65.0 cm³/mol. The van der Waals surface area contributed by atoms with E-state index in [1.807, 2.05) is 12.1 Å². The molecule has 3 nitrogen and oxygen atoms in total. The molecule has 1 unspecified atom stereocenters. The van der Waals surface area contributed by atoms with Crippen LogP contribution in [0.25, 0.3) is 0 Å². The Labute approximate surface area is 101 Å². The van der Waals surface area contributed by atoms with E-state index in [-0.39, 0.29) is 11.3 Å². The average molecular weight is 260 g/mol. The normalized spacial score (nSPS) is 20.4. The highest BCUT2D eigenvalue weighted by Crippen LogP contribution is 2.21. The van der Waals surface area contributed by atoms with Crippen LogP contribution in [-0.4, -0.2) is 19.7 Å². The van der Waals surface area contributed by atoms with Crippen molar-refractivity contribution in [2.45, 2.75) is 25.3 Å². The predicted octanol–water partition coefficient (Wildman–Crippen LogP) is 1.66. The van der Waals surface area contributed by atoms with Crippen LogP contribution in [0, 0.1) is 0 Å². The molecular formula is C11H14ClNO2S. The molecule has 1 aromatic rings. The van der Waals surface area contributed by atoms with Crippen molar-refractivity contribution in [3.63, 3.8) is 0 Å². The number of rotatable bonds is 3. The zero-order chi connectivity index (χ0) is 11.6. The Morgan fingerprint density at radius 3 is 2.69 bits per heavy atom. The molecule has 2 rings (SSSR count). The van der Waals surface area contributed by atoms with Crippen molar-refractivity contribution < 1.29 is 8.42 Å². The van der Waals surface area contributed by atoms with E-state index >= 15 is 0 Å². The summed E-state index contributed by atoms with van der Waals surface area (Å²) in [5.74, 6) is 0. The minimum Gasteiger partial charge on any atom is -0.211 e. The summed E-state index contributed by atoms with van der Waals surface area (Å²) in [5.41, 5.74) is 2.56. The molecule has 1 aliphatic carbocycles. The SMILES string of the molecule is O=S(=O)(CCl)NC1CCc2ccccc2C1. The quantitative estimate of drug-likeness (QED) is 0.840. The second kappa shape index (κ2) is 4.73. The van der Waals surface area contributed by atoms with Gasteiger partial charge < -0.3 is 0 Å². The Bertz CT molecular complexity index is 473. The first-order chi connectivity index (χ1) is 7.61. The maximum atomic E-state index is 11.3. The summed E-state index contributed by atoms with van der Waals surface area (Å²) in [6.07, 6.45) is 2.52. The molecular weight excluding hydrogens is 246 g/mol. The molecule has 88 valence electrons. The first kappa shape index (κ1) is 11.9. The summed E-state index contributed by atoms with van der Waals surface area (Å²) < 4.78 is 25.3. The second-order valence-corrected chi connectivity index (χ2v) is 6.39. The van der Waals surface area contributed by atoms with Gasteiger partial charge in [0.1, 0.15) is 5.21 Å². The van der Waals surface area contributed by atoms with Gasteiger partial charge in [0.2, 0.25) is 10.0 Å². The lowest BCUT2D eigenvalue weighted by Crippen LogP contribution is -2.39. The van der Waals surface area contributed by atoms with E-state index in [2.05, 4.69) is 16.9 Å². The highest BCUT2D eigenvalue weighted by molar-refractivity contribution is 7.90. The van der Waals surface area contributed by atoms with Crippen molar-refractivity contribution in [1.29, 1.82) is 0 Å². The minimum atomic E-state index is -3.31. The van der Waals surface area contributed by atoms with Gasteiger partial charge in [-0.1, -0.05) is 24.3 Å². The molecule has 0 amide bonds. The van der Waals surface area contributed by atoms with Gasteiger partial charge in [0, 0.05) is 6.04 Å². The Hall–Kier alpha value is -0.580. The van der Waals surface area contributed by atoms with Gasteiger partial charge in [-0.2, -0.15) is 0 Å². The van der Waals surface area contributed by atoms with E-state index in [0.29, 0.717) is 0 Å². The number of aryl methyl sites for hydroxylation is 1. The second-order valence-electron chi connectivity index (χ2n) is 4.05. The summed E-state index contributed by atoms with van der Waals surface area (Å²) >= 11 is 5.36. The lowest BCUT2D eigenvalue weighted by molar-refractivity contribution is 0.510. The highest BCUT2D eigenvalue weighted by Gasteiger charge is 2.22. The average Bonchev–Trinajstić information content (AvgIpc) is 2.28. The molecule has 0 aromatic heterocycles. The third-order valence-corrected chi connectivity index (χ3v) is 4.68. The van der Waals surface area contributed by atoms with Crippen molar-refractivity contribution in [3.8, 4) is 0 Å². The lowest BCUT2D eigenvalue weighted by Gasteiger charge is -2.24. The van der Waals surface area contributed by atoms with Gasteiger partial charge in [-0.05, 0) is 30.4 Å². The van der Waals surface area contributed by atoms with Gasteiger partial charge in [-0.25, -0.2) is 13.1 Å². The molecule has 0 aliphatic heterocycles. The number of halogens is 1. The zero-order valence-corrected chi connectivity index (χ0v) is 10.4. The highest BCUT2D eigenvalue weighted by atomic mass is 35.5. The number of benzene rings is 1. The van der Waals surface area contributed by atoms with Crippen molar-refractivity contribution in [2.24, 2.45) is 0 Å². The molecule has 0 radical (unpaired) electrons. The molecule has 0 heterocycles. The van der Waals surface area contributed by atoms with E-state index < -0.39 is 10.0 Å². The number of hydrogen-bond donors (Lipinski definition) is 1. The molecule has 1 N–H and O–H groups in total. The number of nitrogens with one attached hydrogen (secondary N) is 1. The van der Waals surface area contributed by atoms with Crippen LogP contribution in [0.1, 0.15) is 17.5 Å². The largest absolute Gasteiger partial charge is 0.225 e. The fourth-order valence-corrected chi connectivity index (χ4v) is 3.04. The van der Waals surface area contributed by atoms with Crippen LogP contribution < -0.4 is 4.72 Å². The van der Waals surface area contributed by atoms with Crippen molar-refractivity contribution in [2.75, 3.05) is 5.21 Å². The summed E-state index contributed by atoms with van der Waals surface area (Å²) in [4.78, 5) is 0. The van der Waals surface area contributed by atoms with Gasteiger partial charge in [-0.15, -0.1) is 11.6 Å². The number of sulfonamides is 1. The summed E-state index contributed by atoms with van der Waals surface area (Å²) in [6.45, 7) is 0. The minimum absolute atomic E-state index is 0.0151. The van der Waals surface area contributed by atoms with Crippen molar-refractivity contribution in [3.05, 3.63) is 35.4 Å². The Balaban J connectivity index is 2.09. The maximum absolute atomic E-state index is 11.3. The van der Waals surface area contributed by atoms with Crippen LogP contribution in [0.2, 0.25) is 0 Å². The third kappa shape index (κ3) is 2.75. The molecule has 0 bridgehead atoms. The molecule has 16 heavy (non-hydrogen) atoms. The van der Waals surface area contributed by atoms with Crippen LogP contribution in [0.5, 0.6) is 0 Å². The molecule has 0 fully saturated rings. The molecule has 0 saturated heterocycles. The lowest BCUT2D eigenvalue weighted by atomic mass is 9.89. The number of fused-ring (bicyclic) bond motifs is 1. The summed E-state index contributed by atoms with van der Waals surface area (Å²) in [6, 6.07) is 8.14. The van der Waals surface area contributed by atoms with Crippen molar-refractivity contribution >= 4 is 21.6 Å². The van der Waals surface area contributed by atoms with E-state index in [4.69, 9.17) is 11.6 Å². The van der Waals surface area contributed by atoms with E-state index in [9.17, 15) is 8.42 Å². The smallest absolute Gasteiger partial charge is 0.211 e. The number of alkyl halides is 1. The molecule has 0 spiro atoms. The van der Waals surface area contributed by atoms with Gasteiger partial charge in [-0.3, -0.25) is 0 Å². The van der Waals surface area contributed by atoms with Gasteiger partial charge in [0.15, 0.2) is 0 Å². The van der Waals surface area contributed by atoms with Crippen LogP contribution in [-0.2, 0) is 22.9 Å². The monoisotopic (exact) mass is 259 g/mol.